The summed E-state index contributed by atoms with van der Waals surface area (Å²) >= 11 is 0. The third kappa shape index (κ3) is 4.23. The maximum absolute atomic E-state index is 12.4. The molecule has 136 valence electrons. The molecule has 0 unspecified atom stereocenters. The Balaban J connectivity index is 1.53. The maximum Gasteiger partial charge on any atom is 0.321 e. The third-order valence-corrected chi connectivity index (χ3v) is 4.82. The highest BCUT2D eigenvalue weighted by molar-refractivity contribution is 5.95. The molecule has 5 heteroatoms. The molecule has 1 heterocycles. The minimum Gasteiger partial charge on any atom is -0.368 e. The second-order valence-electron chi connectivity index (χ2n) is 6.56. The average molecular weight is 351 g/mol. The van der Waals surface area contributed by atoms with Gasteiger partial charge in [0.1, 0.15) is 0 Å². The lowest BCUT2D eigenvalue weighted by Gasteiger charge is -2.36. The number of carbonyl (C=O) groups excluding carboxylic acids is 2. The second kappa shape index (κ2) is 8.04. The Hall–Kier alpha value is -2.82. The van der Waals surface area contributed by atoms with Crippen molar-refractivity contribution in [1.29, 1.82) is 0 Å². The van der Waals surface area contributed by atoms with Gasteiger partial charge < -0.3 is 15.1 Å². The number of rotatable bonds is 4. The lowest BCUT2D eigenvalue weighted by Crippen LogP contribution is -2.50. The molecule has 1 saturated heterocycles. The number of carbonyl (C=O) groups is 2. The van der Waals surface area contributed by atoms with Gasteiger partial charge in [-0.1, -0.05) is 19.1 Å². The molecule has 1 aliphatic rings. The zero-order valence-electron chi connectivity index (χ0n) is 15.4. The first-order chi connectivity index (χ1) is 12.6. The summed E-state index contributed by atoms with van der Waals surface area (Å²) in [5, 5.41) is 2.90. The number of aryl methyl sites for hydroxylation is 1. The van der Waals surface area contributed by atoms with Gasteiger partial charge in [0.15, 0.2) is 5.78 Å². The maximum atomic E-state index is 12.4. The van der Waals surface area contributed by atoms with E-state index >= 15 is 0 Å². The van der Waals surface area contributed by atoms with Crippen LogP contribution in [0.5, 0.6) is 0 Å². The largest absolute Gasteiger partial charge is 0.368 e. The van der Waals surface area contributed by atoms with Crippen LogP contribution in [0.2, 0.25) is 0 Å². The number of ketones is 1. The van der Waals surface area contributed by atoms with Crippen molar-refractivity contribution in [1.82, 2.24) is 4.90 Å². The number of anilines is 2. The van der Waals surface area contributed by atoms with Crippen LogP contribution in [0.4, 0.5) is 16.2 Å². The van der Waals surface area contributed by atoms with Crippen molar-refractivity contribution in [2.45, 2.75) is 20.3 Å². The first kappa shape index (κ1) is 18.0. The second-order valence-corrected chi connectivity index (χ2v) is 6.56. The Morgan fingerprint density at radius 1 is 0.923 bits per heavy atom. The number of nitrogens with zero attached hydrogens (tertiary/aromatic N) is 2. The van der Waals surface area contributed by atoms with Crippen LogP contribution in [0.15, 0.2) is 48.5 Å². The van der Waals surface area contributed by atoms with E-state index in [2.05, 4.69) is 41.4 Å². The summed E-state index contributed by atoms with van der Waals surface area (Å²) in [7, 11) is 0. The molecule has 2 aromatic rings. The van der Waals surface area contributed by atoms with Crippen LogP contribution in [0.3, 0.4) is 0 Å². The SMILES string of the molecule is CCc1ccc(N2CCN(C(=O)Nc3ccc(C(C)=O)cc3)CC2)cc1. The van der Waals surface area contributed by atoms with Gasteiger partial charge >= 0.3 is 6.03 Å². The van der Waals surface area contributed by atoms with E-state index in [9.17, 15) is 9.59 Å². The molecule has 1 fully saturated rings. The molecule has 0 saturated carbocycles. The quantitative estimate of drug-likeness (QED) is 0.853. The smallest absolute Gasteiger partial charge is 0.321 e. The van der Waals surface area contributed by atoms with Crippen LogP contribution in [-0.4, -0.2) is 42.9 Å². The van der Waals surface area contributed by atoms with E-state index < -0.39 is 0 Å². The number of hydrogen-bond donors (Lipinski definition) is 1. The number of nitrogens with one attached hydrogen (secondary N) is 1. The number of Topliss-reactive ketones (excluding diaryl/α,β-unsaturated/α-hetero) is 1. The zero-order valence-corrected chi connectivity index (χ0v) is 15.4. The summed E-state index contributed by atoms with van der Waals surface area (Å²) < 4.78 is 0. The fourth-order valence-electron chi connectivity index (χ4n) is 3.10. The highest BCUT2D eigenvalue weighted by Gasteiger charge is 2.21. The summed E-state index contributed by atoms with van der Waals surface area (Å²) in [5.41, 5.74) is 3.90. The summed E-state index contributed by atoms with van der Waals surface area (Å²) in [4.78, 5) is 27.9. The van der Waals surface area contributed by atoms with Crippen molar-refractivity contribution in [2.24, 2.45) is 0 Å². The van der Waals surface area contributed by atoms with E-state index in [0.29, 0.717) is 24.3 Å². The van der Waals surface area contributed by atoms with E-state index in [1.807, 2.05) is 4.90 Å². The van der Waals surface area contributed by atoms with Crippen molar-refractivity contribution in [3.05, 3.63) is 59.7 Å². The van der Waals surface area contributed by atoms with Gasteiger partial charge in [0.25, 0.3) is 0 Å². The molecule has 0 aliphatic carbocycles. The molecule has 1 N–H and O–H groups in total. The van der Waals surface area contributed by atoms with E-state index in [1.54, 1.807) is 24.3 Å². The number of amides is 2. The predicted molar refractivity (Wildman–Crippen MR) is 105 cm³/mol. The lowest BCUT2D eigenvalue weighted by atomic mass is 10.1. The summed E-state index contributed by atoms with van der Waals surface area (Å²) in [6.45, 7) is 6.70. The van der Waals surface area contributed by atoms with Gasteiger partial charge in [-0.15, -0.1) is 0 Å². The van der Waals surface area contributed by atoms with E-state index in [1.165, 1.54) is 18.2 Å². The van der Waals surface area contributed by atoms with Crippen LogP contribution in [-0.2, 0) is 6.42 Å². The van der Waals surface area contributed by atoms with Gasteiger partial charge in [-0.05, 0) is 55.3 Å². The molecule has 26 heavy (non-hydrogen) atoms. The Morgan fingerprint density at radius 2 is 1.54 bits per heavy atom. The van der Waals surface area contributed by atoms with Gasteiger partial charge in [-0.2, -0.15) is 0 Å². The van der Waals surface area contributed by atoms with Crippen molar-refractivity contribution < 1.29 is 9.59 Å². The van der Waals surface area contributed by atoms with Crippen molar-refractivity contribution in [2.75, 3.05) is 36.4 Å². The zero-order chi connectivity index (χ0) is 18.5. The van der Waals surface area contributed by atoms with Crippen LogP contribution in [0.1, 0.15) is 29.8 Å². The van der Waals surface area contributed by atoms with Gasteiger partial charge in [-0.3, -0.25) is 4.79 Å². The summed E-state index contributed by atoms with van der Waals surface area (Å²) in [6.07, 6.45) is 1.04. The molecule has 5 nitrogen and oxygen atoms in total. The molecule has 0 bridgehead atoms. The standard InChI is InChI=1S/C21H25N3O2/c1-3-17-4-10-20(11-5-17)23-12-14-24(15-13-23)21(26)22-19-8-6-18(7-9-19)16(2)25/h4-11H,3,12-15H2,1-2H3,(H,22,26). The molecule has 0 radical (unpaired) electrons. The van der Waals surface area contributed by atoms with E-state index in [-0.39, 0.29) is 11.8 Å². The van der Waals surface area contributed by atoms with Crippen LogP contribution in [0.25, 0.3) is 0 Å². The normalized spacial score (nSPS) is 14.2. The molecular formula is C21H25N3O2. The van der Waals surface area contributed by atoms with Gasteiger partial charge in [-0.25, -0.2) is 4.79 Å². The Kier molecular flexibility index (Phi) is 5.56. The molecule has 2 amide bonds. The first-order valence-corrected chi connectivity index (χ1v) is 9.07. The monoisotopic (exact) mass is 351 g/mol. The molecule has 0 aromatic heterocycles. The van der Waals surface area contributed by atoms with Gasteiger partial charge in [0, 0.05) is 43.1 Å². The molecule has 0 atom stereocenters. The van der Waals surface area contributed by atoms with Crippen LogP contribution < -0.4 is 10.2 Å². The number of benzene rings is 2. The minimum absolute atomic E-state index is 0.0194. The van der Waals surface area contributed by atoms with Crippen molar-refractivity contribution >= 4 is 23.2 Å². The first-order valence-electron chi connectivity index (χ1n) is 9.07. The Bertz CT molecular complexity index is 761. The molecular weight excluding hydrogens is 326 g/mol. The lowest BCUT2D eigenvalue weighted by molar-refractivity contribution is 0.101. The highest BCUT2D eigenvalue weighted by atomic mass is 16.2. The Morgan fingerprint density at radius 3 is 2.08 bits per heavy atom. The fraction of sp³-hybridized carbons (Fsp3) is 0.333. The summed E-state index contributed by atoms with van der Waals surface area (Å²) in [6, 6.07) is 15.5. The fourth-order valence-corrected chi connectivity index (χ4v) is 3.10. The van der Waals surface area contributed by atoms with Crippen LogP contribution >= 0.6 is 0 Å². The van der Waals surface area contributed by atoms with E-state index in [4.69, 9.17) is 0 Å². The predicted octanol–water partition coefficient (Wildman–Crippen LogP) is 3.81. The molecule has 2 aromatic carbocycles. The topological polar surface area (TPSA) is 52.6 Å². The van der Waals surface area contributed by atoms with Gasteiger partial charge in [0.2, 0.25) is 0 Å². The summed E-state index contributed by atoms with van der Waals surface area (Å²) in [5.74, 6) is 0.0194. The van der Waals surface area contributed by atoms with Crippen molar-refractivity contribution in [3.8, 4) is 0 Å². The Labute approximate surface area is 154 Å². The highest BCUT2D eigenvalue weighted by Crippen LogP contribution is 2.18. The van der Waals surface area contributed by atoms with Crippen LogP contribution in [0, 0.1) is 0 Å². The number of piperazine rings is 1. The van der Waals surface area contributed by atoms with Crippen molar-refractivity contribution in [3.63, 3.8) is 0 Å². The number of urea groups is 1. The minimum atomic E-state index is -0.0958. The molecule has 3 rings (SSSR count). The third-order valence-electron chi connectivity index (χ3n) is 4.82. The number of hydrogen-bond acceptors (Lipinski definition) is 3. The molecule has 0 spiro atoms. The molecule has 1 aliphatic heterocycles. The van der Waals surface area contributed by atoms with E-state index in [0.717, 1.165) is 19.5 Å². The van der Waals surface area contributed by atoms with Gasteiger partial charge in [0.05, 0.1) is 0 Å². The average Bonchev–Trinajstić information content (AvgIpc) is 2.68.